The fourth-order valence-electron chi connectivity index (χ4n) is 3.79. The normalized spacial score (nSPS) is 26.3. The van der Waals surface area contributed by atoms with Gasteiger partial charge in [0.05, 0.1) is 17.1 Å². The monoisotopic (exact) mass is 285 g/mol. The van der Waals surface area contributed by atoms with Crippen LogP contribution in [0.15, 0.2) is 24.3 Å². The minimum Gasteiger partial charge on any atom is -0.326 e. The fraction of sp³-hybridized carbons (Fsp3) is 0.611. The molecule has 0 radical (unpaired) electrons. The van der Waals surface area contributed by atoms with E-state index in [0.29, 0.717) is 6.04 Å². The second kappa shape index (κ2) is 6.18. The molecule has 3 unspecified atom stereocenters. The Morgan fingerprint density at radius 3 is 2.81 bits per heavy atom. The lowest BCUT2D eigenvalue weighted by Crippen LogP contribution is -2.38. The highest BCUT2D eigenvalue weighted by molar-refractivity contribution is 5.76. The molecule has 3 heteroatoms. The largest absolute Gasteiger partial charge is 0.326 e. The van der Waals surface area contributed by atoms with Crippen LogP contribution >= 0.6 is 0 Å². The molecule has 1 fully saturated rings. The van der Waals surface area contributed by atoms with Gasteiger partial charge in [0.1, 0.15) is 5.82 Å². The number of aryl methyl sites for hydroxylation is 1. The van der Waals surface area contributed by atoms with Crippen molar-refractivity contribution in [1.29, 1.82) is 0 Å². The van der Waals surface area contributed by atoms with Gasteiger partial charge in [0.2, 0.25) is 0 Å². The Kier molecular flexibility index (Phi) is 4.29. The molecule has 0 aliphatic heterocycles. The lowest BCUT2D eigenvalue weighted by atomic mass is 9.81. The van der Waals surface area contributed by atoms with Crippen LogP contribution in [0.1, 0.15) is 57.8 Å². The molecule has 0 saturated heterocycles. The summed E-state index contributed by atoms with van der Waals surface area (Å²) in [6, 6.07) is 9.19. The van der Waals surface area contributed by atoms with E-state index in [1.54, 1.807) is 0 Å². The molecular formula is C18H27N3. The maximum absolute atomic E-state index is 6.49. The Labute approximate surface area is 127 Å². The lowest BCUT2D eigenvalue weighted by molar-refractivity contribution is 0.230. The standard InChI is InChI=1S/C18H27N3/c1-3-7-18-20-15-8-5-6-9-16(15)21(18)17-12-13(4-2)10-11-14(17)19/h5-6,8-9,13-14,17H,3-4,7,10-12,19H2,1-2H3. The molecular weight excluding hydrogens is 258 g/mol. The van der Waals surface area contributed by atoms with Crippen LogP contribution in [-0.4, -0.2) is 15.6 Å². The molecule has 2 N–H and O–H groups in total. The molecule has 1 aliphatic carbocycles. The number of aromatic nitrogens is 2. The van der Waals surface area contributed by atoms with E-state index in [4.69, 9.17) is 10.7 Å². The third-order valence-corrected chi connectivity index (χ3v) is 5.03. The second-order valence-electron chi connectivity index (χ2n) is 6.46. The van der Waals surface area contributed by atoms with Gasteiger partial charge in [-0.1, -0.05) is 32.4 Å². The van der Waals surface area contributed by atoms with Crippen LogP contribution in [0.2, 0.25) is 0 Å². The summed E-state index contributed by atoms with van der Waals surface area (Å²) in [5.74, 6) is 2.03. The predicted molar refractivity (Wildman–Crippen MR) is 88.4 cm³/mol. The molecule has 3 nitrogen and oxygen atoms in total. The first-order valence-corrected chi connectivity index (χ1v) is 8.46. The number of hydrogen-bond acceptors (Lipinski definition) is 2. The number of fused-ring (bicyclic) bond motifs is 1. The summed E-state index contributed by atoms with van der Waals surface area (Å²) in [7, 11) is 0. The van der Waals surface area contributed by atoms with Crippen molar-refractivity contribution in [2.75, 3.05) is 0 Å². The van der Waals surface area contributed by atoms with Crippen molar-refractivity contribution in [1.82, 2.24) is 9.55 Å². The van der Waals surface area contributed by atoms with E-state index in [0.717, 1.165) is 30.7 Å². The molecule has 1 aliphatic rings. The van der Waals surface area contributed by atoms with Gasteiger partial charge in [-0.3, -0.25) is 0 Å². The number of imidazole rings is 1. The Hall–Kier alpha value is -1.35. The highest BCUT2D eigenvalue weighted by Gasteiger charge is 2.30. The zero-order valence-corrected chi connectivity index (χ0v) is 13.3. The van der Waals surface area contributed by atoms with E-state index >= 15 is 0 Å². The Bertz CT molecular complexity index is 602. The Morgan fingerprint density at radius 1 is 1.24 bits per heavy atom. The average Bonchev–Trinajstić information content (AvgIpc) is 2.86. The molecule has 0 amide bonds. The fourth-order valence-corrected chi connectivity index (χ4v) is 3.79. The molecule has 0 bridgehead atoms. The van der Waals surface area contributed by atoms with E-state index in [-0.39, 0.29) is 6.04 Å². The molecule has 2 aromatic rings. The maximum atomic E-state index is 6.49. The number of para-hydroxylation sites is 2. The summed E-state index contributed by atoms with van der Waals surface area (Å²) in [5.41, 5.74) is 8.87. The van der Waals surface area contributed by atoms with Crippen molar-refractivity contribution in [3.05, 3.63) is 30.1 Å². The molecule has 1 heterocycles. The quantitative estimate of drug-likeness (QED) is 0.920. The zero-order chi connectivity index (χ0) is 14.8. The van der Waals surface area contributed by atoms with Gasteiger partial charge in [-0.25, -0.2) is 4.98 Å². The van der Waals surface area contributed by atoms with Crippen LogP contribution in [-0.2, 0) is 6.42 Å². The van der Waals surface area contributed by atoms with E-state index in [1.165, 1.54) is 30.6 Å². The van der Waals surface area contributed by atoms with Gasteiger partial charge in [0.25, 0.3) is 0 Å². The predicted octanol–water partition coefficient (Wildman–Crippen LogP) is 4.07. The second-order valence-corrected chi connectivity index (χ2v) is 6.46. The molecule has 0 spiro atoms. The third kappa shape index (κ3) is 2.71. The van der Waals surface area contributed by atoms with E-state index in [1.807, 2.05) is 0 Å². The summed E-state index contributed by atoms with van der Waals surface area (Å²) in [6.45, 7) is 4.52. The molecule has 1 saturated carbocycles. The number of nitrogens with two attached hydrogens (primary N) is 1. The summed E-state index contributed by atoms with van der Waals surface area (Å²) in [5, 5.41) is 0. The first-order valence-electron chi connectivity index (χ1n) is 8.46. The summed E-state index contributed by atoms with van der Waals surface area (Å²) in [6.07, 6.45) is 7.05. The van der Waals surface area contributed by atoms with Gasteiger partial charge < -0.3 is 10.3 Å². The highest BCUT2D eigenvalue weighted by atomic mass is 15.1. The molecule has 3 rings (SSSR count). The smallest absolute Gasteiger partial charge is 0.110 e. The highest BCUT2D eigenvalue weighted by Crippen LogP contribution is 2.36. The Morgan fingerprint density at radius 2 is 2.05 bits per heavy atom. The number of rotatable bonds is 4. The van der Waals surface area contributed by atoms with Crippen molar-refractivity contribution in [2.24, 2.45) is 11.7 Å². The average molecular weight is 285 g/mol. The number of benzene rings is 1. The van der Waals surface area contributed by atoms with Crippen LogP contribution < -0.4 is 5.73 Å². The first-order chi connectivity index (χ1) is 10.2. The maximum Gasteiger partial charge on any atom is 0.110 e. The van der Waals surface area contributed by atoms with E-state index < -0.39 is 0 Å². The van der Waals surface area contributed by atoms with Crippen molar-refractivity contribution >= 4 is 11.0 Å². The summed E-state index contributed by atoms with van der Waals surface area (Å²) in [4.78, 5) is 4.87. The first kappa shape index (κ1) is 14.6. The van der Waals surface area contributed by atoms with E-state index in [9.17, 15) is 0 Å². The van der Waals surface area contributed by atoms with Crippen molar-refractivity contribution in [2.45, 2.75) is 64.5 Å². The Balaban J connectivity index is 2.06. The van der Waals surface area contributed by atoms with Gasteiger partial charge in [0, 0.05) is 12.5 Å². The molecule has 1 aromatic heterocycles. The third-order valence-electron chi connectivity index (χ3n) is 5.03. The molecule has 21 heavy (non-hydrogen) atoms. The molecule has 114 valence electrons. The van der Waals surface area contributed by atoms with Gasteiger partial charge >= 0.3 is 0 Å². The summed E-state index contributed by atoms with van der Waals surface area (Å²) < 4.78 is 2.46. The van der Waals surface area contributed by atoms with Gasteiger partial charge in [0.15, 0.2) is 0 Å². The number of hydrogen-bond donors (Lipinski definition) is 1. The van der Waals surface area contributed by atoms with Gasteiger partial charge in [-0.15, -0.1) is 0 Å². The van der Waals surface area contributed by atoms with Gasteiger partial charge in [-0.2, -0.15) is 0 Å². The van der Waals surface area contributed by atoms with Crippen LogP contribution in [0.3, 0.4) is 0 Å². The number of nitrogens with zero attached hydrogens (tertiary/aromatic N) is 2. The minimum absolute atomic E-state index is 0.265. The van der Waals surface area contributed by atoms with Crippen molar-refractivity contribution in [3.8, 4) is 0 Å². The molecule has 1 aromatic carbocycles. The van der Waals surface area contributed by atoms with Gasteiger partial charge in [-0.05, 0) is 43.7 Å². The van der Waals surface area contributed by atoms with E-state index in [2.05, 4.69) is 42.7 Å². The summed E-state index contributed by atoms with van der Waals surface area (Å²) >= 11 is 0. The minimum atomic E-state index is 0.265. The van der Waals surface area contributed by atoms with Crippen LogP contribution in [0.5, 0.6) is 0 Å². The topological polar surface area (TPSA) is 43.8 Å². The molecule has 3 atom stereocenters. The van der Waals surface area contributed by atoms with Crippen molar-refractivity contribution in [3.63, 3.8) is 0 Å². The zero-order valence-electron chi connectivity index (χ0n) is 13.3. The van der Waals surface area contributed by atoms with Crippen molar-refractivity contribution < 1.29 is 0 Å². The van der Waals surface area contributed by atoms with Crippen LogP contribution in [0.25, 0.3) is 11.0 Å². The SMILES string of the molecule is CCCc1nc2ccccc2n1C1CC(CC)CCC1N. The lowest BCUT2D eigenvalue weighted by Gasteiger charge is -2.35. The van der Waals surface area contributed by atoms with Crippen LogP contribution in [0.4, 0.5) is 0 Å². The van der Waals surface area contributed by atoms with Crippen LogP contribution in [0, 0.1) is 5.92 Å².